The van der Waals surface area contributed by atoms with Gasteiger partial charge in [0.15, 0.2) is 0 Å². The molecule has 0 aliphatic carbocycles. The topological polar surface area (TPSA) is 85.4 Å². The molecule has 2 aromatic carbocycles. The van der Waals surface area contributed by atoms with Crippen LogP contribution in [0, 0.1) is 6.92 Å². The average Bonchev–Trinajstić information content (AvgIpc) is 2.69. The third-order valence-electron chi connectivity index (χ3n) is 3.87. The number of hydrogen-bond donors (Lipinski definition) is 2. The molecule has 3 aromatic rings. The highest BCUT2D eigenvalue weighted by Gasteiger charge is 2.12. The van der Waals surface area contributed by atoms with Crippen LogP contribution in [-0.2, 0) is 0 Å². The minimum atomic E-state index is -0.360. The first-order valence-corrected chi connectivity index (χ1v) is 8.29. The lowest BCUT2D eigenvalue weighted by Crippen LogP contribution is -2.15. The predicted octanol–water partition coefficient (Wildman–Crippen LogP) is 3.80. The molecule has 0 aliphatic heterocycles. The first-order valence-electron chi connectivity index (χ1n) is 8.29. The van der Waals surface area contributed by atoms with Crippen LogP contribution in [0.1, 0.15) is 16.1 Å². The maximum absolute atomic E-state index is 12.6. The van der Waals surface area contributed by atoms with E-state index in [4.69, 9.17) is 9.47 Å². The number of nitrogens with one attached hydrogen (secondary N) is 2. The van der Waals surface area contributed by atoms with Gasteiger partial charge >= 0.3 is 0 Å². The number of para-hydroxylation sites is 2. The minimum absolute atomic E-state index is 0.227. The summed E-state index contributed by atoms with van der Waals surface area (Å²) in [5, 5.41) is 5.96. The van der Waals surface area contributed by atoms with Gasteiger partial charge in [-0.2, -0.15) is 0 Å². The van der Waals surface area contributed by atoms with Gasteiger partial charge in [0.25, 0.3) is 5.91 Å². The molecule has 0 fully saturated rings. The molecule has 0 saturated heterocycles. The second-order valence-corrected chi connectivity index (χ2v) is 5.77. The molecular weight excluding hydrogens is 344 g/mol. The van der Waals surface area contributed by atoms with Crippen LogP contribution < -0.4 is 20.1 Å². The van der Waals surface area contributed by atoms with Gasteiger partial charge in [0.2, 0.25) is 0 Å². The first-order chi connectivity index (χ1) is 13.1. The van der Waals surface area contributed by atoms with Crippen LogP contribution in [0.25, 0.3) is 0 Å². The van der Waals surface area contributed by atoms with Gasteiger partial charge in [0.05, 0.1) is 25.6 Å². The highest BCUT2D eigenvalue weighted by molar-refractivity contribution is 6.04. The average molecular weight is 364 g/mol. The Bertz CT molecular complexity index is 959. The van der Waals surface area contributed by atoms with Crippen LogP contribution in [0.4, 0.5) is 17.2 Å². The maximum atomic E-state index is 12.6. The molecule has 7 heteroatoms. The molecule has 0 spiro atoms. The summed E-state index contributed by atoms with van der Waals surface area (Å²) in [7, 11) is 3.15. The Kier molecular flexibility index (Phi) is 5.51. The van der Waals surface area contributed by atoms with E-state index in [9.17, 15) is 4.79 Å². The SMILES string of the molecule is COc1ccccc1NC(=O)c1cc(Nc2cc(C)ccc2OC)ncn1. The summed E-state index contributed by atoms with van der Waals surface area (Å²) >= 11 is 0. The Hall–Kier alpha value is -3.61. The van der Waals surface area contributed by atoms with E-state index < -0.39 is 0 Å². The summed E-state index contributed by atoms with van der Waals surface area (Å²) < 4.78 is 10.6. The Labute approximate surface area is 157 Å². The molecule has 0 radical (unpaired) electrons. The lowest BCUT2D eigenvalue weighted by molar-refractivity contribution is 0.102. The van der Waals surface area contributed by atoms with E-state index >= 15 is 0 Å². The van der Waals surface area contributed by atoms with Gasteiger partial charge in [0.1, 0.15) is 29.3 Å². The normalized spacial score (nSPS) is 10.2. The van der Waals surface area contributed by atoms with Crippen LogP contribution in [0.15, 0.2) is 54.9 Å². The zero-order chi connectivity index (χ0) is 19.2. The predicted molar refractivity (Wildman–Crippen MR) is 104 cm³/mol. The highest BCUT2D eigenvalue weighted by Crippen LogP contribution is 2.28. The second-order valence-electron chi connectivity index (χ2n) is 5.77. The zero-order valence-corrected chi connectivity index (χ0v) is 15.3. The number of amides is 1. The molecule has 1 heterocycles. The summed E-state index contributed by atoms with van der Waals surface area (Å²) in [5.74, 6) is 1.38. The van der Waals surface area contributed by atoms with Gasteiger partial charge in [-0.1, -0.05) is 18.2 Å². The van der Waals surface area contributed by atoms with Crippen LogP contribution in [0.2, 0.25) is 0 Å². The van der Waals surface area contributed by atoms with Crippen molar-refractivity contribution >= 4 is 23.1 Å². The Morgan fingerprint density at radius 3 is 2.44 bits per heavy atom. The Morgan fingerprint density at radius 1 is 0.926 bits per heavy atom. The first kappa shape index (κ1) is 18.2. The summed E-state index contributed by atoms with van der Waals surface area (Å²) in [6.45, 7) is 1.98. The molecule has 27 heavy (non-hydrogen) atoms. The molecule has 2 N–H and O–H groups in total. The summed E-state index contributed by atoms with van der Waals surface area (Å²) in [6, 6.07) is 14.5. The second kappa shape index (κ2) is 8.18. The van der Waals surface area contributed by atoms with Crippen LogP contribution in [-0.4, -0.2) is 30.1 Å². The standard InChI is InChI=1S/C20H20N4O3/c1-13-8-9-18(27-3)15(10-13)23-19-11-16(21-12-22-19)20(25)24-14-6-4-5-7-17(14)26-2/h4-12H,1-3H3,(H,24,25)(H,21,22,23). The van der Waals surface area contributed by atoms with Crippen molar-refractivity contribution in [2.45, 2.75) is 6.92 Å². The van der Waals surface area contributed by atoms with E-state index in [1.54, 1.807) is 32.4 Å². The van der Waals surface area contributed by atoms with E-state index in [1.165, 1.54) is 6.33 Å². The third kappa shape index (κ3) is 4.33. The molecule has 7 nitrogen and oxygen atoms in total. The van der Waals surface area contributed by atoms with Crippen molar-refractivity contribution in [2.24, 2.45) is 0 Å². The van der Waals surface area contributed by atoms with E-state index in [0.29, 0.717) is 23.0 Å². The number of anilines is 3. The van der Waals surface area contributed by atoms with Crippen molar-refractivity contribution in [3.8, 4) is 11.5 Å². The molecule has 0 aliphatic rings. The summed E-state index contributed by atoms with van der Waals surface area (Å²) in [5.41, 5.74) is 2.62. The van der Waals surface area contributed by atoms with E-state index in [2.05, 4.69) is 20.6 Å². The summed E-state index contributed by atoms with van der Waals surface area (Å²) in [6.07, 6.45) is 1.34. The molecule has 0 bridgehead atoms. The molecule has 1 aromatic heterocycles. The number of nitrogens with zero attached hydrogens (tertiary/aromatic N) is 2. The van der Waals surface area contributed by atoms with Gasteiger partial charge in [-0.05, 0) is 36.8 Å². The molecule has 0 saturated carbocycles. The van der Waals surface area contributed by atoms with Gasteiger partial charge < -0.3 is 20.1 Å². The largest absolute Gasteiger partial charge is 0.495 e. The molecule has 0 unspecified atom stereocenters. The Morgan fingerprint density at radius 2 is 1.67 bits per heavy atom. The smallest absolute Gasteiger partial charge is 0.274 e. The molecular formula is C20H20N4O3. The van der Waals surface area contributed by atoms with Crippen LogP contribution in [0.3, 0.4) is 0 Å². The van der Waals surface area contributed by atoms with E-state index in [1.807, 2.05) is 37.3 Å². The van der Waals surface area contributed by atoms with Gasteiger partial charge in [-0.3, -0.25) is 4.79 Å². The molecule has 138 valence electrons. The van der Waals surface area contributed by atoms with Crippen LogP contribution in [0.5, 0.6) is 11.5 Å². The maximum Gasteiger partial charge on any atom is 0.274 e. The monoisotopic (exact) mass is 364 g/mol. The number of aromatic nitrogens is 2. The molecule has 0 atom stereocenters. The number of methoxy groups -OCH3 is 2. The number of hydrogen-bond acceptors (Lipinski definition) is 6. The lowest BCUT2D eigenvalue weighted by Gasteiger charge is -2.12. The lowest BCUT2D eigenvalue weighted by atomic mass is 10.2. The fourth-order valence-corrected chi connectivity index (χ4v) is 2.54. The van der Waals surface area contributed by atoms with Crippen molar-refractivity contribution in [2.75, 3.05) is 24.9 Å². The fourth-order valence-electron chi connectivity index (χ4n) is 2.54. The fraction of sp³-hybridized carbons (Fsp3) is 0.150. The Balaban J connectivity index is 1.81. The molecule has 3 rings (SSSR count). The molecule has 1 amide bonds. The minimum Gasteiger partial charge on any atom is -0.495 e. The van der Waals surface area contributed by atoms with Crippen LogP contribution >= 0.6 is 0 Å². The van der Waals surface area contributed by atoms with Crippen molar-refractivity contribution in [3.05, 3.63) is 66.1 Å². The van der Waals surface area contributed by atoms with Gasteiger partial charge in [-0.25, -0.2) is 9.97 Å². The zero-order valence-electron chi connectivity index (χ0n) is 15.3. The van der Waals surface area contributed by atoms with Crippen molar-refractivity contribution in [1.82, 2.24) is 9.97 Å². The van der Waals surface area contributed by atoms with Crippen molar-refractivity contribution < 1.29 is 14.3 Å². The van der Waals surface area contributed by atoms with Gasteiger partial charge in [0, 0.05) is 6.07 Å². The van der Waals surface area contributed by atoms with Crippen molar-refractivity contribution in [1.29, 1.82) is 0 Å². The van der Waals surface area contributed by atoms with Crippen molar-refractivity contribution in [3.63, 3.8) is 0 Å². The number of carbonyl (C=O) groups excluding carboxylic acids is 1. The highest BCUT2D eigenvalue weighted by atomic mass is 16.5. The number of benzene rings is 2. The van der Waals surface area contributed by atoms with E-state index in [0.717, 1.165) is 11.3 Å². The number of aryl methyl sites for hydroxylation is 1. The summed E-state index contributed by atoms with van der Waals surface area (Å²) in [4.78, 5) is 20.8. The number of ether oxygens (including phenoxy) is 2. The quantitative estimate of drug-likeness (QED) is 0.692. The number of rotatable bonds is 6. The van der Waals surface area contributed by atoms with E-state index in [-0.39, 0.29) is 11.6 Å². The number of carbonyl (C=O) groups is 1. The third-order valence-corrected chi connectivity index (χ3v) is 3.87. The van der Waals surface area contributed by atoms with Gasteiger partial charge in [-0.15, -0.1) is 0 Å².